The second kappa shape index (κ2) is 36.2. The number of alkyl carbamates (subject to hydrolysis) is 4. The average molecular weight is 1160 g/mol. The van der Waals surface area contributed by atoms with E-state index < -0.39 is 112 Å². The Balaban J connectivity index is 3.66. The second-order valence-corrected chi connectivity index (χ2v) is 25.1. The number of benzene rings is 1. The van der Waals surface area contributed by atoms with E-state index in [1.54, 1.807) is 128 Å². The van der Waals surface area contributed by atoms with Gasteiger partial charge in [0.15, 0.2) is 0 Å². The van der Waals surface area contributed by atoms with E-state index in [1.165, 1.54) is 0 Å². The fourth-order valence-electron chi connectivity index (χ4n) is 7.31. The number of hydrogen-bond donors (Lipinski definition) is 9. The monoisotopic (exact) mass is 1160 g/mol. The highest BCUT2D eigenvalue weighted by Crippen LogP contribution is 2.15. The first-order valence-electron chi connectivity index (χ1n) is 28.6. The molecule has 24 heteroatoms. The summed E-state index contributed by atoms with van der Waals surface area (Å²) in [6, 6.07) is 2.70. The van der Waals surface area contributed by atoms with E-state index in [0.29, 0.717) is 44.1 Å². The SMILES string of the molecule is CC(C)(C)OCC(N)C(=O)NC(CCCCNC(=O)OC(C)(C)C)C(=O)NC(CCCCNC(=O)OC(C)(C)C)C(=O)NC(CCCCNC(=O)OC(C)(C)C)C(=O)NC(CCCCNC(=O)OC(C)(C)C)C(=O)OCc1ccccc1. The third-order valence-corrected chi connectivity index (χ3v) is 11.1. The summed E-state index contributed by atoms with van der Waals surface area (Å²) in [5.74, 6) is -3.71. The number of nitrogens with two attached hydrogens (primary N) is 1. The molecule has 1 rings (SSSR count). The van der Waals surface area contributed by atoms with E-state index in [9.17, 15) is 43.2 Å². The normalized spacial score (nSPS) is 13.8. The van der Waals surface area contributed by atoms with Gasteiger partial charge in [0, 0.05) is 26.2 Å². The first kappa shape index (κ1) is 73.6. The van der Waals surface area contributed by atoms with E-state index in [1.807, 2.05) is 6.07 Å². The topological polar surface area (TPSA) is 331 Å². The molecule has 1 aromatic rings. The van der Waals surface area contributed by atoms with Crippen LogP contribution in [0.2, 0.25) is 0 Å². The molecular formula is C58H101N9O15. The smallest absolute Gasteiger partial charge is 0.407 e. The van der Waals surface area contributed by atoms with Crippen LogP contribution in [-0.2, 0) is 59.0 Å². The lowest BCUT2D eigenvalue weighted by Crippen LogP contribution is -2.58. The van der Waals surface area contributed by atoms with Crippen molar-refractivity contribution in [1.82, 2.24) is 42.5 Å². The standard InChI is InChI=1S/C58H101N9O15/c1-54(2,3)78-38-40(59)45(68)64-41(29-19-23-33-60-50(73)79-55(4,5)6)46(69)65-42(30-20-24-34-61-51(74)80-56(7,8)9)47(70)66-43(31-21-25-35-62-52(75)81-57(10,11)12)48(71)67-44(49(72)77-37-39-27-17-16-18-28-39)32-22-26-36-63-53(76)82-58(13,14)15/h16-18,27-28,40-44H,19-26,29-38,59H2,1-15H3,(H,60,73)(H,61,74)(H,62,75)(H,63,76)(H,64,68)(H,65,69)(H,66,70)(H,67,71). The van der Waals surface area contributed by atoms with Crippen molar-refractivity contribution in [3.63, 3.8) is 0 Å². The maximum absolute atomic E-state index is 14.7. The lowest BCUT2D eigenvalue weighted by molar-refractivity contribution is -0.149. The Bertz CT molecular complexity index is 2150. The number of ether oxygens (including phenoxy) is 6. The van der Waals surface area contributed by atoms with Gasteiger partial charge in [-0.2, -0.15) is 0 Å². The summed E-state index contributed by atoms with van der Waals surface area (Å²) in [7, 11) is 0. The van der Waals surface area contributed by atoms with Crippen LogP contribution in [0, 0.1) is 0 Å². The lowest BCUT2D eigenvalue weighted by Gasteiger charge is -2.27. The average Bonchev–Trinajstić information content (AvgIpc) is 3.35. The molecule has 8 amide bonds. The number of carbonyl (C=O) groups is 9. The predicted molar refractivity (Wildman–Crippen MR) is 310 cm³/mol. The summed E-state index contributed by atoms with van der Waals surface area (Å²) in [6.07, 6.45) is 0.274. The zero-order chi connectivity index (χ0) is 62.3. The third kappa shape index (κ3) is 38.3. The minimum absolute atomic E-state index is 0.00414. The Morgan fingerprint density at radius 3 is 1.00 bits per heavy atom. The maximum atomic E-state index is 14.7. The van der Waals surface area contributed by atoms with Crippen molar-refractivity contribution in [3.05, 3.63) is 35.9 Å². The van der Waals surface area contributed by atoms with Gasteiger partial charge in [0.1, 0.15) is 59.2 Å². The van der Waals surface area contributed by atoms with Crippen LogP contribution in [-0.4, -0.2) is 145 Å². The Kier molecular flexibility index (Phi) is 32.5. The van der Waals surface area contributed by atoms with Crippen molar-refractivity contribution in [2.45, 2.75) is 246 Å². The van der Waals surface area contributed by atoms with E-state index in [2.05, 4.69) is 42.5 Å². The molecule has 10 N–H and O–H groups in total. The number of rotatable bonds is 33. The predicted octanol–water partition coefficient (Wildman–Crippen LogP) is 6.59. The van der Waals surface area contributed by atoms with Gasteiger partial charge in [-0.3, -0.25) is 19.2 Å². The second-order valence-electron chi connectivity index (χ2n) is 25.1. The van der Waals surface area contributed by atoms with Crippen molar-refractivity contribution in [1.29, 1.82) is 0 Å². The highest BCUT2D eigenvalue weighted by atomic mass is 16.6. The summed E-state index contributed by atoms with van der Waals surface area (Å²) in [4.78, 5) is 121. The molecule has 5 unspecified atom stereocenters. The number of carbonyl (C=O) groups excluding carboxylic acids is 9. The number of esters is 1. The minimum Gasteiger partial charge on any atom is -0.459 e. The largest absolute Gasteiger partial charge is 0.459 e. The fraction of sp³-hybridized carbons (Fsp3) is 0.741. The van der Waals surface area contributed by atoms with Crippen molar-refractivity contribution >= 4 is 54.0 Å². The molecule has 82 heavy (non-hydrogen) atoms. The van der Waals surface area contributed by atoms with E-state index in [-0.39, 0.29) is 77.9 Å². The molecule has 0 bridgehead atoms. The molecule has 0 saturated carbocycles. The number of nitrogens with one attached hydrogen (secondary N) is 8. The van der Waals surface area contributed by atoms with Crippen LogP contribution < -0.4 is 48.3 Å². The van der Waals surface area contributed by atoms with Gasteiger partial charge in [-0.1, -0.05) is 30.3 Å². The van der Waals surface area contributed by atoms with Gasteiger partial charge in [0.2, 0.25) is 23.6 Å². The van der Waals surface area contributed by atoms with Crippen LogP contribution in [0.1, 0.15) is 186 Å². The molecule has 0 aromatic heterocycles. The summed E-state index contributed by atoms with van der Waals surface area (Å²) < 4.78 is 32.8. The van der Waals surface area contributed by atoms with Crippen LogP contribution in [0.3, 0.4) is 0 Å². The summed E-state index contributed by atoms with van der Waals surface area (Å²) in [6.45, 7) is 26.6. The molecule has 0 fully saturated rings. The quantitative estimate of drug-likeness (QED) is 0.0204. The van der Waals surface area contributed by atoms with Gasteiger partial charge in [-0.05, 0) is 186 Å². The third-order valence-electron chi connectivity index (χ3n) is 11.1. The van der Waals surface area contributed by atoms with Crippen molar-refractivity contribution in [2.24, 2.45) is 5.73 Å². The molecule has 0 saturated heterocycles. The highest BCUT2D eigenvalue weighted by molar-refractivity contribution is 5.95. The number of amides is 8. The van der Waals surface area contributed by atoms with Crippen LogP contribution in [0.4, 0.5) is 19.2 Å². The fourth-order valence-corrected chi connectivity index (χ4v) is 7.31. The summed E-state index contributed by atoms with van der Waals surface area (Å²) in [5, 5.41) is 21.8. The van der Waals surface area contributed by atoms with Gasteiger partial charge >= 0.3 is 30.3 Å². The van der Waals surface area contributed by atoms with Gasteiger partial charge in [0.05, 0.1) is 12.2 Å². The van der Waals surface area contributed by atoms with Crippen molar-refractivity contribution in [2.75, 3.05) is 32.8 Å². The Hall–Kier alpha value is -6.43. The van der Waals surface area contributed by atoms with Gasteiger partial charge in [0.25, 0.3) is 0 Å². The molecule has 24 nitrogen and oxygen atoms in total. The molecule has 0 heterocycles. The van der Waals surface area contributed by atoms with Crippen LogP contribution in [0.25, 0.3) is 0 Å². The van der Waals surface area contributed by atoms with Gasteiger partial charge in [-0.15, -0.1) is 0 Å². The van der Waals surface area contributed by atoms with Crippen molar-refractivity contribution < 1.29 is 71.6 Å². The summed E-state index contributed by atoms with van der Waals surface area (Å²) in [5.41, 5.74) is 3.38. The van der Waals surface area contributed by atoms with Crippen LogP contribution in [0.15, 0.2) is 30.3 Å². The Morgan fingerprint density at radius 2 is 0.695 bits per heavy atom. The number of hydrogen-bond acceptors (Lipinski definition) is 16. The van der Waals surface area contributed by atoms with E-state index >= 15 is 0 Å². The van der Waals surface area contributed by atoms with E-state index in [0.717, 1.165) is 0 Å². The first-order chi connectivity index (χ1) is 37.9. The highest BCUT2D eigenvalue weighted by Gasteiger charge is 2.33. The molecule has 468 valence electrons. The van der Waals surface area contributed by atoms with Crippen LogP contribution >= 0.6 is 0 Å². The molecule has 0 aliphatic carbocycles. The molecule has 5 atom stereocenters. The van der Waals surface area contributed by atoms with E-state index in [4.69, 9.17) is 34.2 Å². The maximum Gasteiger partial charge on any atom is 0.407 e. The van der Waals surface area contributed by atoms with Gasteiger partial charge in [-0.25, -0.2) is 24.0 Å². The minimum atomic E-state index is -1.33. The molecule has 0 aliphatic heterocycles. The Labute approximate surface area is 486 Å². The molecule has 0 radical (unpaired) electrons. The zero-order valence-electron chi connectivity index (χ0n) is 51.7. The molecule has 1 aromatic carbocycles. The molecular weight excluding hydrogens is 1060 g/mol. The first-order valence-corrected chi connectivity index (χ1v) is 28.6. The molecule has 0 aliphatic rings. The molecule has 0 spiro atoms. The zero-order valence-corrected chi connectivity index (χ0v) is 51.7. The lowest BCUT2D eigenvalue weighted by atomic mass is 10.0. The van der Waals surface area contributed by atoms with Crippen molar-refractivity contribution in [3.8, 4) is 0 Å². The Morgan fingerprint density at radius 1 is 0.402 bits per heavy atom. The van der Waals surface area contributed by atoms with Crippen LogP contribution in [0.5, 0.6) is 0 Å². The van der Waals surface area contributed by atoms with Gasteiger partial charge < -0.3 is 76.7 Å². The number of unbranched alkanes of at least 4 members (excludes halogenated alkanes) is 4. The summed E-state index contributed by atoms with van der Waals surface area (Å²) >= 11 is 0.